The highest BCUT2D eigenvalue weighted by Crippen LogP contribution is 2.22. The lowest BCUT2D eigenvalue weighted by molar-refractivity contribution is -0.107. The standard InChI is InChI=1S/C18H20O2/c19-14-6-1-2-7-15-20-18-12-10-17(11-13-18)16-8-4-3-5-9-16/h3-5,8-14H,1-2,6-7,15H2. The molecule has 2 aromatic carbocycles. The number of rotatable bonds is 8. The number of unbranched alkanes of at least 4 members (excludes halogenated alkanes) is 3. The number of carbonyl (C=O) groups excluding carboxylic acids is 1. The van der Waals surface area contributed by atoms with E-state index < -0.39 is 0 Å². The third-order valence-electron chi connectivity index (χ3n) is 3.20. The van der Waals surface area contributed by atoms with Crippen LogP contribution in [0.1, 0.15) is 25.7 Å². The number of benzene rings is 2. The van der Waals surface area contributed by atoms with E-state index in [-0.39, 0.29) is 0 Å². The number of carbonyl (C=O) groups is 1. The van der Waals surface area contributed by atoms with E-state index in [0.717, 1.165) is 31.3 Å². The third-order valence-corrected chi connectivity index (χ3v) is 3.20. The first-order valence-electron chi connectivity index (χ1n) is 7.12. The van der Waals surface area contributed by atoms with Crippen molar-refractivity contribution in [3.8, 4) is 16.9 Å². The minimum Gasteiger partial charge on any atom is -0.494 e. The Morgan fingerprint density at radius 3 is 2.20 bits per heavy atom. The van der Waals surface area contributed by atoms with E-state index in [1.807, 2.05) is 30.3 Å². The smallest absolute Gasteiger partial charge is 0.119 e. The van der Waals surface area contributed by atoms with Crippen molar-refractivity contribution >= 4 is 6.29 Å². The number of aldehydes is 1. The highest BCUT2D eigenvalue weighted by atomic mass is 16.5. The first kappa shape index (κ1) is 14.3. The van der Waals surface area contributed by atoms with E-state index in [0.29, 0.717) is 13.0 Å². The molecule has 0 saturated carbocycles. The third kappa shape index (κ3) is 4.54. The zero-order valence-electron chi connectivity index (χ0n) is 11.6. The lowest BCUT2D eigenvalue weighted by Crippen LogP contribution is -1.97. The van der Waals surface area contributed by atoms with Crippen LogP contribution in [0.4, 0.5) is 0 Å². The van der Waals surface area contributed by atoms with Crippen molar-refractivity contribution in [2.45, 2.75) is 25.7 Å². The van der Waals surface area contributed by atoms with Gasteiger partial charge in [-0.3, -0.25) is 0 Å². The molecule has 0 aliphatic heterocycles. The predicted octanol–water partition coefficient (Wildman–Crippen LogP) is 4.49. The van der Waals surface area contributed by atoms with Crippen molar-refractivity contribution in [3.05, 3.63) is 54.6 Å². The van der Waals surface area contributed by atoms with Gasteiger partial charge in [0.1, 0.15) is 12.0 Å². The molecule has 20 heavy (non-hydrogen) atoms. The van der Waals surface area contributed by atoms with E-state index in [1.165, 1.54) is 11.1 Å². The van der Waals surface area contributed by atoms with Gasteiger partial charge in [-0.2, -0.15) is 0 Å². The second-order valence-electron chi connectivity index (χ2n) is 4.75. The molecular formula is C18H20O2. The van der Waals surface area contributed by atoms with Gasteiger partial charge in [0.2, 0.25) is 0 Å². The summed E-state index contributed by atoms with van der Waals surface area (Å²) in [4.78, 5) is 10.2. The predicted molar refractivity (Wildman–Crippen MR) is 81.9 cm³/mol. The molecule has 0 aliphatic carbocycles. The highest BCUT2D eigenvalue weighted by Gasteiger charge is 1.98. The maximum atomic E-state index is 10.2. The van der Waals surface area contributed by atoms with Gasteiger partial charge in [-0.05, 0) is 42.5 Å². The van der Waals surface area contributed by atoms with Crippen LogP contribution in [0.5, 0.6) is 5.75 Å². The summed E-state index contributed by atoms with van der Waals surface area (Å²) in [7, 11) is 0. The van der Waals surface area contributed by atoms with E-state index in [1.54, 1.807) is 0 Å². The topological polar surface area (TPSA) is 26.3 Å². The molecule has 0 heterocycles. The van der Waals surface area contributed by atoms with E-state index in [9.17, 15) is 4.79 Å². The Balaban J connectivity index is 1.79. The Bertz CT molecular complexity index is 503. The van der Waals surface area contributed by atoms with Gasteiger partial charge in [0.15, 0.2) is 0 Å². The first-order valence-corrected chi connectivity index (χ1v) is 7.12. The Kier molecular flexibility index (Phi) is 5.84. The maximum absolute atomic E-state index is 10.2. The van der Waals surface area contributed by atoms with Gasteiger partial charge in [-0.1, -0.05) is 42.5 Å². The average molecular weight is 268 g/mol. The fraction of sp³-hybridized carbons (Fsp3) is 0.278. The zero-order chi connectivity index (χ0) is 14.0. The number of ether oxygens (including phenoxy) is 1. The normalized spacial score (nSPS) is 10.2. The van der Waals surface area contributed by atoms with E-state index >= 15 is 0 Å². The largest absolute Gasteiger partial charge is 0.494 e. The SMILES string of the molecule is O=CCCCCCOc1ccc(-c2ccccc2)cc1. The summed E-state index contributed by atoms with van der Waals surface area (Å²) < 4.78 is 5.69. The molecule has 2 heteroatoms. The molecule has 0 bridgehead atoms. The van der Waals surface area contributed by atoms with Crippen LogP contribution in [0.3, 0.4) is 0 Å². The summed E-state index contributed by atoms with van der Waals surface area (Å²) in [5.74, 6) is 0.903. The molecule has 0 aromatic heterocycles. The zero-order valence-corrected chi connectivity index (χ0v) is 11.6. The van der Waals surface area contributed by atoms with Crippen LogP contribution >= 0.6 is 0 Å². The lowest BCUT2D eigenvalue weighted by atomic mass is 10.1. The van der Waals surface area contributed by atoms with Gasteiger partial charge in [-0.25, -0.2) is 0 Å². The molecule has 0 N–H and O–H groups in total. The molecule has 0 spiro atoms. The molecule has 2 aromatic rings. The van der Waals surface area contributed by atoms with Gasteiger partial charge >= 0.3 is 0 Å². The number of hydrogen-bond acceptors (Lipinski definition) is 2. The van der Waals surface area contributed by atoms with Crippen molar-refractivity contribution in [1.29, 1.82) is 0 Å². The second kappa shape index (κ2) is 8.16. The molecule has 0 saturated heterocycles. The minimum absolute atomic E-state index is 0.659. The van der Waals surface area contributed by atoms with Gasteiger partial charge in [0.05, 0.1) is 6.61 Å². The van der Waals surface area contributed by atoms with Gasteiger partial charge < -0.3 is 9.53 Å². The van der Waals surface area contributed by atoms with Crippen molar-refractivity contribution in [1.82, 2.24) is 0 Å². The highest BCUT2D eigenvalue weighted by molar-refractivity contribution is 5.63. The summed E-state index contributed by atoms with van der Waals surface area (Å²) >= 11 is 0. The first-order chi connectivity index (χ1) is 9.90. The molecule has 0 fully saturated rings. The van der Waals surface area contributed by atoms with Crippen molar-refractivity contribution in [3.63, 3.8) is 0 Å². The fourth-order valence-electron chi connectivity index (χ4n) is 2.07. The quantitative estimate of drug-likeness (QED) is 0.521. The Morgan fingerprint density at radius 1 is 0.800 bits per heavy atom. The summed E-state index contributed by atoms with van der Waals surface area (Å²) in [6.45, 7) is 0.712. The minimum atomic E-state index is 0.659. The molecule has 0 aliphatic rings. The van der Waals surface area contributed by atoms with Crippen LogP contribution in [-0.2, 0) is 4.79 Å². The van der Waals surface area contributed by atoms with Crippen LogP contribution < -0.4 is 4.74 Å². The molecule has 2 rings (SSSR count). The van der Waals surface area contributed by atoms with Crippen LogP contribution in [-0.4, -0.2) is 12.9 Å². The van der Waals surface area contributed by atoms with Crippen LogP contribution in [0, 0.1) is 0 Å². The fourth-order valence-corrected chi connectivity index (χ4v) is 2.07. The van der Waals surface area contributed by atoms with Crippen molar-refractivity contribution < 1.29 is 9.53 Å². The number of hydrogen-bond donors (Lipinski definition) is 0. The second-order valence-corrected chi connectivity index (χ2v) is 4.75. The Hall–Kier alpha value is -2.09. The molecule has 0 atom stereocenters. The van der Waals surface area contributed by atoms with E-state index in [2.05, 4.69) is 24.3 Å². The van der Waals surface area contributed by atoms with Crippen LogP contribution in [0.2, 0.25) is 0 Å². The lowest BCUT2D eigenvalue weighted by Gasteiger charge is -2.07. The van der Waals surface area contributed by atoms with Crippen molar-refractivity contribution in [2.75, 3.05) is 6.61 Å². The van der Waals surface area contributed by atoms with Crippen LogP contribution in [0.25, 0.3) is 11.1 Å². The molecule has 2 nitrogen and oxygen atoms in total. The summed E-state index contributed by atoms with van der Waals surface area (Å²) in [5.41, 5.74) is 2.41. The molecule has 0 amide bonds. The summed E-state index contributed by atoms with van der Waals surface area (Å²) in [5, 5.41) is 0. The van der Waals surface area contributed by atoms with Crippen LogP contribution in [0.15, 0.2) is 54.6 Å². The van der Waals surface area contributed by atoms with Gasteiger partial charge in [-0.15, -0.1) is 0 Å². The molecule has 0 unspecified atom stereocenters. The summed E-state index contributed by atoms with van der Waals surface area (Å²) in [6, 6.07) is 18.5. The monoisotopic (exact) mass is 268 g/mol. The Morgan fingerprint density at radius 2 is 1.50 bits per heavy atom. The van der Waals surface area contributed by atoms with Gasteiger partial charge in [0, 0.05) is 6.42 Å². The Labute approximate surface area is 120 Å². The van der Waals surface area contributed by atoms with E-state index in [4.69, 9.17) is 4.74 Å². The maximum Gasteiger partial charge on any atom is 0.119 e. The molecule has 0 radical (unpaired) electrons. The molecular weight excluding hydrogens is 248 g/mol. The summed E-state index contributed by atoms with van der Waals surface area (Å²) in [6.07, 6.45) is 4.63. The average Bonchev–Trinajstić information content (AvgIpc) is 2.52. The van der Waals surface area contributed by atoms with Crippen molar-refractivity contribution in [2.24, 2.45) is 0 Å². The molecule has 104 valence electrons. The van der Waals surface area contributed by atoms with Gasteiger partial charge in [0.25, 0.3) is 0 Å².